The van der Waals surface area contributed by atoms with Gasteiger partial charge in [0, 0.05) is 24.6 Å². The number of benzene rings is 1. The molecule has 0 fully saturated rings. The van der Waals surface area contributed by atoms with Gasteiger partial charge in [-0.3, -0.25) is 0 Å². The highest BCUT2D eigenvalue weighted by atomic mass is 32.2. The van der Waals surface area contributed by atoms with Gasteiger partial charge in [0.05, 0.1) is 4.90 Å². The first kappa shape index (κ1) is 15.7. The Morgan fingerprint density at radius 2 is 2.05 bits per heavy atom. The predicted octanol–water partition coefficient (Wildman–Crippen LogP) is 1.09. The Hall–Kier alpha value is -1.70. The van der Waals surface area contributed by atoms with Crippen molar-refractivity contribution in [3.8, 4) is 0 Å². The molecule has 21 heavy (non-hydrogen) atoms. The number of aliphatic hydroxyl groups excluding tert-OH is 1. The van der Waals surface area contributed by atoms with Gasteiger partial charge < -0.3 is 9.52 Å². The van der Waals surface area contributed by atoms with E-state index in [0.717, 1.165) is 0 Å². The second-order valence-electron chi connectivity index (χ2n) is 4.92. The zero-order valence-electron chi connectivity index (χ0n) is 11.6. The largest absolute Gasteiger partial charge is 0.423 e. The molecule has 0 aliphatic carbocycles. The van der Waals surface area contributed by atoms with Gasteiger partial charge in [-0.2, -0.15) is 0 Å². The maximum atomic E-state index is 12.2. The Bertz CT molecular complexity index is 781. The van der Waals surface area contributed by atoms with Crippen molar-refractivity contribution in [1.82, 2.24) is 4.72 Å². The minimum absolute atomic E-state index is 0.0257. The van der Waals surface area contributed by atoms with Crippen molar-refractivity contribution in [2.45, 2.75) is 18.2 Å². The quantitative estimate of drug-likeness (QED) is 0.778. The van der Waals surface area contributed by atoms with E-state index >= 15 is 0 Å². The third kappa shape index (κ3) is 3.90. The Labute approximate surface area is 122 Å². The highest BCUT2D eigenvalue weighted by Crippen LogP contribution is 2.17. The topological polar surface area (TPSA) is 96.6 Å². The molecule has 0 radical (unpaired) electrons. The summed E-state index contributed by atoms with van der Waals surface area (Å²) in [5, 5.41) is 9.35. The number of fused-ring (bicyclic) bond motifs is 1. The van der Waals surface area contributed by atoms with Crippen LogP contribution in [-0.2, 0) is 10.0 Å². The zero-order chi connectivity index (χ0) is 15.5. The number of rotatable bonds is 6. The standard InChI is InChI=1S/C14H17NO5S/c1-10(6-7-16)9-15-21(18,19)12-3-4-13-11(8-12)2-5-14(17)20-13/h2-5,8,10,15-16H,6-7,9H2,1H3. The molecule has 0 saturated carbocycles. The summed E-state index contributed by atoms with van der Waals surface area (Å²) in [6.07, 6.45) is 0.533. The lowest BCUT2D eigenvalue weighted by atomic mass is 10.1. The van der Waals surface area contributed by atoms with E-state index in [1.807, 2.05) is 6.92 Å². The normalized spacial score (nSPS) is 13.4. The van der Waals surface area contributed by atoms with E-state index in [2.05, 4.69) is 4.72 Å². The second kappa shape index (κ2) is 6.38. The van der Waals surface area contributed by atoms with E-state index in [0.29, 0.717) is 17.4 Å². The van der Waals surface area contributed by atoms with Gasteiger partial charge in [-0.1, -0.05) is 6.92 Å². The molecule has 6 nitrogen and oxygen atoms in total. The molecule has 1 aromatic heterocycles. The fourth-order valence-corrected chi connectivity index (χ4v) is 3.07. The first-order valence-electron chi connectivity index (χ1n) is 6.57. The van der Waals surface area contributed by atoms with Crippen LogP contribution < -0.4 is 10.3 Å². The number of hydrogen-bond donors (Lipinski definition) is 2. The summed E-state index contributed by atoms with van der Waals surface area (Å²) in [7, 11) is -3.63. The minimum Gasteiger partial charge on any atom is -0.423 e. The minimum atomic E-state index is -3.63. The fourth-order valence-electron chi connectivity index (χ4n) is 1.87. The van der Waals surface area contributed by atoms with Gasteiger partial charge in [0.15, 0.2) is 0 Å². The first-order chi connectivity index (χ1) is 9.92. The molecular weight excluding hydrogens is 294 g/mol. The monoisotopic (exact) mass is 311 g/mol. The SMILES string of the molecule is CC(CCO)CNS(=O)(=O)c1ccc2oc(=O)ccc2c1. The van der Waals surface area contributed by atoms with Crippen molar-refractivity contribution in [1.29, 1.82) is 0 Å². The number of hydrogen-bond acceptors (Lipinski definition) is 5. The maximum Gasteiger partial charge on any atom is 0.336 e. The number of sulfonamides is 1. The van der Waals surface area contributed by atoms with Crippen LogP contribution in [-0.4, -0.2) is 26.7 Å². The van der Waals surface area contributed by atoms with Crippen LogP contribution in [0.3, 0.4) is 0 Å². The van der Waals surface area contributed by atoms with Crippen LogP contribution in [0.5, 0.6) is 0 Å². The number of nitrogens with one attached hydrogen (secondary N) is 1. The maximum absolute atomic E-state index is 12.2. The van der Waals surface area contributed by atoms with Crippen molar-refractivity contribution < 1.29 is 17.9 Å². The fraction of sp³-hybridized carbons (Fsp3) is 0.357. The van der Waals surface area contributed by atoms with Crippen LogP contribution in [0.15, 0.2) is 44.4 Å². The van der Waals surface area contributed by atoms with Gasteiger partial charge in [0.25, 0.3) is 0 Å². The molecule has 114 valence electrons. The Morgan fingerprint density at radius 3 is 2.76 bits per heavy atom. The molecule has 0 aliphatic rings. The second-order valence-corrected chi connectivity index (χ2v) is 6.69. The Morgan fingerprint density at radius 1 is 1.29 bits per heavy atom. The average molecular weight is 311 g/mol. The molecule has 0 aliphatic heterocycles. The van der Waals surface area contributed by atoms with Crippen molar-refractivity contribution in [3.05, 3.63) is 40.8 Å². The van der Waals surface area contributed by atoms with Gasteiger partial charge >= 0.3 is 5.63 Å². The van der Waals surface area contributed by atoms with E-state index in [4.69, 9.17) is 9.52 Å². The molecule has 0 amide bonds. The van der Waals surface area contributed by atoms with Gasteiger partial charge in [0.2, 0.25) is 10.0 Å². The average Bonchev–Trinajstić information content (AvgIpc) is 2.45. The van der Waals surface area contributed by atoms with Crippen LogP contribution in [0.4, 0.5) is 0 Å². The van der Waals surface area contributed by atoms with Gasteiger partial charge in [0.1, 0.15) is 5.58 Å². The summed E-state index contributed by atoms with van der Waals surface area (Å²) in [4.78, 5) is 11.2. The molecule has 0 bridgehead atoms. The van der Waals surface area contributed by atoms with Crippen LogP contribution >= 0.6 is 0 Å². The van der Waals surface area contributed by atoms with Crippen molar-refractivity contribution in [2.24, 2.45) is 5.92 Å². The molecule has 2 aromatic rings. The Kier molecular flexibility index (Phi) is 4.76. The molecule has 1 aromatic carbocycles. The van der Waals surface area contributed by atoms with Crippen LogP contribution in [0.2, 0.25) is 0 Å². The molecule has 0 spiro atoms. The molecule has 7 heteroatoms. The van der Waals surface area contributed by atoms with E-state index in [1.165, 1.54) is 30.3 Å². The van der Waals surface area contributed by atoms with Crippen LogP contribution in [0, 0.1) is 5.92 Å². The van der Waals surface area contributed by atoms with Gasteiger partial charge in [-0.05, 0) is 36.6 Å². The Balaban J connectivity index is 2.24. The molecule has 2 rings (SSSR count). The molecule has 0 saturated heterocycles. The van der Waals surface area contributed by atoms with Crippen molar-refractivity contribution in [2.75, 3.05) is 13.2 Å². The molecule has 2 N–H and O–H groups in total. The lowest BCUT2D eigenvalue weighted by Crippen LogP contribution is -2.28. The van der Waals surface area contributed by atoms with Gasteiger partial charge in [-0.15, -0.1) is 0 Å². The lowest BCUT2D eigenvalue weighted by Gasteiger charge is -2.12. The summed E-state index contributed by atoms with van der Waals surface area (Å²) in [6.45, 7) is 2.14. The highest BCUT2D eigenvalue weighted by Gasteiger charge is 2.16. The van der Waals surface area contributed by atoms with Crippen LogP contribution in [0.1, 0.15) is 13.3 Å². The summed E-state index contributed by atoms with van der Waals surface area (Å²) in [5.41, 5.74) is -0.135. The summed E-state index contributed by atoms with van der Waals surface area (Å²) >= 11 is 0. The first-order valence-corrected chi connectivity index (χ1v) is 8.05. The third-order valence-electron chi connectivity index (χ3n) is 3.14. The highest BCUT2D eigenvalue weighted by molar-refractivity contribution is 7.89. The van der Waals surface area contributed by atoms with E-state index < -0.39 is 15.6 Å². The summed E-state index contributed by atoms with van der Waals surface area (Å²) < 4.78 is 31.8. The summed E-state index contributed by atoms with van der Waals surface area (Å²) in [5.74, 6) is 0.0447. The molecule has 1 heterocycles. The van der Waals surface area contributed by atoms with E-state index in [1.54, 1.807) is 0 Å². The van der Waals surface area contributed by atoms with E-state index in [-0.39, 0.29) is 24.0 Å². The smallest absolute Gasteiger partial charge is 0.336 e. The summed E-state index contributed by atoms with van der Waals surface area (Å²) in [6, 6.07) is 7.08. The molecule has 1 unspecified atom stereocenters. The van der Waals surface area contributed by atoms with Crippen LogP contribution in [0.25, 0.3) is 11.0 Å². The van der Waals surface area contributed by atoms with Crippen molar-refractivity contribution in [3.63, 3.8) is 0 Å². The van der Waals surface area contributed by atoms with Crippen molar-refractivity contribution >= 4 is 21.0 Å². The third-order valence-corrected chi connectivity index (χ3v) is 4.57. The number of aliphatic hydroxyl groups is 1. The predicted molar refractivity (Wildman–Crippen MR) is 78.5 cm³/mol. The molecular formula is C14H17NO5S. The van der Waals surface area contributed by atoms with E-state index in [9.17, 15) is 13.2 Å². The molecule has 1 atom stereocenters. The zero-order valence-corrected chi connectivity index (χ0v) is 12.4. The lowest BCUT2D eigenvalue weighted by molar-refractivity contribution is 0.263. The van der Waals surface area contributed by atoms with Gasteiger partial charge in [-0.25, -0.2) is 17.9 Å².